The van der Waals surface area contributed by atoms with Crippen molar-refractivity contribution in [1.29, 1.82) is 0 Å². The lowest BCUT2D eigenvalue weighted by Crippen LogP contribution is -2.41. The van der Waals surface area contributed by atoms with Crippen molar-refractivity contribution >= 4 is 29.9 Å². The minimum absolute atomic E-state index is 0. The van der Waals surface area contributed by atoms with Gasteiger partial charge in [-0.3, -0.25) is 4.99 Å². The van der Waals surface area contributed by atoms with Gasteiger partial charge in [0.05, 0.1) is 35.0 Å². The van der Waals surface area contributed by atoms with Crippen molar-refractivity contribution in [3.05, 3.63) is 42.0 Å². The lowest BCUT2D eigenvalue weighted by atomic mass is 10.1. The van der Waals surface area contributed by atoms with Gasteiger partial charge in [0, 0.05) is 38.3 Å². The van der Waals surface area contributed by atoms with Gasteiger partial charge in [-0.15, -0.1) is 24.0 Å². The minimum Gasteiger partial charge on any atom is -0.497 e. The predicted octanol–water partition coefficient (Wildman–Crippen LogP) is 3.47. The number of benzene rings is 2. The van der Waals surface area contributed by atoms with E-state index in [2.05, 4.69) is 10.3 Å². The molecule has 0 aliphatic carbocycles. The Bertz CT molecular complexity index is 821. The lowest BCUT2D eigenvalue weighted by molar-refractivity contribution is 0.281. The fraction of sp³-hybridized carbons (Fsp3) is 0.435. The van der Waals surface area contributed by atoms with E-state index in [-0.39, 0.29) is 24.0 Å². The molecule has 0 atom stereocenters. The molecule has 0 heterocycles. The molecule has 0 saturated carbocycles. The van der Waals surface area contributed by atoms with Crippen molar-refractivity contribution in [2.45, 2.75) is 6.42 Å². The van der Waals surface area contributed by atoms with Gasteiger partial charge in [0.2, 0.25) is 0 Å². The van der Waals surface area contributed by atoms with E-state index < -0.39 is 0 Å². The van der Waals surface area contributed by atoms with Gasteiger partial charge < -0.3 is 33.9 Å². The number of halogens is 1. The first-order valence-corrected chi connectivity index (χ1v) is 10.0. The van der Waals surface area contributed by atoms with Crippen molar-refractivity contribution in [2.75, 3.05) is 62.2 Å². The summed E-state index contributed by atoms with van der Waals surface area (Å²) in [4.78, 5) is 6.38. The van der Waals surface area contributed by atoms with Gasteiger partial charge in [-0.2, -0.15) is 0 Å². The zero-order valence-electron chi connectivity index (χ0n) is 19.6. The number of methoxy groups -OCH3 is 4. The molecule has 32 heavy (non-hydrogen) atoms. The molecular weight excluding hydrogens is 525 g/mol. The third-order valence-electron chi connectivity index (χ3n) is 4.80. The Hall–Kier alpha value is -2.56. The Morgan fingerprint density at radius 2 is 1.44 bits per heavy atom. The molecule has 2 aromatic rings. The summed E-state index contributed by atoms with van der Waals surface area (Å²) in [5.41, 5.74) is 0.972. The third kappa shape index (κ3) is 7.85. The topological polar surface area (TPSA) is 73.8 Å². The van der Waals surface area contributed by atoms with Crippen molar-refractivity contribution < 1.29 is 23.7 Å². The van der Waals surface area contributed by atoms with Gasteiger partial charge in [0.15, 0.2) is 5.96 Å². The van der Waals surface area contributed by atoms with Crippen molar-refractivity contribution in [1.82, 2.24) is 10.2 Å². The second kappa shape index (κ2) is 14.5. The SMILES string of the molecule is CN=C(NCCc1c(OC)cc(OC)cc1OC)N(C)CCOc1ccc(OC)cc1.I. The summed E-state index contributed by atoms with van der Waals surface area (Å²) >= 11 is 0. The van der Waals surface area contributed by atoms with Gasteiger partial charge >= 0.3 is 0 Å². The maximum absolute atomic E-state index is 5.80. The molecular formula is C23H34IN3O5. The molecule has 0 aliphatic heterocycles. The van der Waals surface area contributed by atoms with Crippen molar-refractivity contribution in [3.8, 4) is 28.7 Å². The molecule has 0 spiro atoms. The fourth-order valence-corrected chi connectivity index (χ4v) is 3.09. The summed E-state index contributed by atoms with van der Waals surface area (Å²) in [6.45, 7) is 1.87. The van der Waals surface area contributed by atoms with Crippen LogP contribution in [0.4, 0.5) is 0 Å². The van der Waals surface area contributed by atoms with Crippen LogP contribution >= 0.6 is 24.0 Å². The van der Waals surface area contributed by atoms with Crippen LogP contribution in [0, 0.1) is 0 Å². The molecule has 0 aliphatic rings. The van der Waals surface area contributed by atoms with Crippen LogP contribution in [0.5, 0.6) is 28.7 Å². The fourth-order valence-electron chi connectivity index (χ4n) is 3.09. The van der Waals surface area contributed by atoms with Gasteiger partial charge in [-0.05, 0) is 30.7 Å². The Labute approximate surface area is 207 Å². The molecule has 178 valence electrons. The smallest absolute Gasteiger partial charge is 0.193 e. The maximum Gasteiger partial charge on any atom is 0.193 e. The number of nitrogens with zero attached hydrogens (tertiary/aromatic N) is 2. The Kier molecular flexibility index (Phi) is 12.4. The number of ether oxygens (including phenoxy) is 5. The molecule has 1 N–H and O–H groups in total. The van der Waals surface area contributed by atoms with E-state index in [9.17, 15) is 0 Å². The van der Waals surface area contributed by atoms with Crippen LogP contribution in [0.3, 0.4) is 0 Å². The molecule has 0 fully saturated rings. The normalized spacial score (nSPS) is 10.6. The Morgan fingerprint density at radius 3 is 1.94 bits per heavy atom. The molecule has 2 aromatic carbocycles. The molecule has 0 aromatic heterocycles. The average Bonchev–Trinajstić information content (AvgIpc) is 2.81. The first-order chi connectivity index (χ1) is 15.1. The van der Waals surface area contributed by atoms with Crippen molar-refractivity contribution in [3.63, 3.8) is 0 Å². The first-order valence-electron chi connectivity index (χ1n) is 10.0. The summed E-state index contributed by atoms with van der Waals surface area (Å²) in [5, 5.41) is 3.37. The van der Waals surface area contributed by atoms with Crippen LogP contribution < -0.4 is 29.0 Å². The summed E-state index contributed by atoms with van der Waals surface area (Å²) in [7, 11) is 10.3. The number of aliphatic imine (C=N–C) groups is 1. The molecule has 8 nitrogen and oxygen atoms in total. The molecule has 0 radical (unpaired) electrons. The lowest BCUT2D eigenvalue weighted by Gasteiger charge is -2.22. The van der Waals surface area contributed by atoms with Gasteiger partial charge in [-0.25, -0.2) is 0 Å². The zero-order chi connectivity index (χ0) is 22.6. The molecule has 0 saturated heterocycles. The Morgan fingerprint density at radius 1 is 0.875 bits per heavy atom. The predicted molar refractivity (Wildman–Crippen MR) is 138 cm³/mol. The van der Waals surface area contributed by atoms with E-state index in [0.29, 0.717) is 31.9 Å². The van der Waals surface area contributed by atoms with E-state index in [0.717, 1.165) is 34.5 Å². The number of guanidine groups is 1. The van der Waals surface area contributed by atoms with Gasteiger partial charge in [0.1, 0.15) is 35.4 Å². The highest BCUT2D eigenvalue weighted by atomic mass is 127. The van der Waals surface area contributed by atoms with E-state index in [1.807, 2.05) is 48.3 Å². The van der Waals surface area contributed by atoms with Crippen LogP contribution in [0.15, 0.2) is 41.4 Å². The van der Waals surface area contributed by atoms with E-state index in [1.54, 1.807) is 35.5 Å². The highest BCUT2D eigenvalue weighted by Gasteiger charge is 2.14. The molecule has 0 amide bonds. The number of hydrogen-bond acceptors (Lipinski definition) is 6. The number of likely N-dealkylation sites (N-methyl/N-ethyl adjacent to an activating group) is 1. The monoisotopic (exact) mass is 559 g/mol. The van der Waals surface area contributed by atoms with Crippen LogP contribution in [0.2, 0.25) is 0 Å². The average molecular weight is 559 g/mol. The number of rotatable bonds is 11. The van der Waals surface area contributed by atoms with Gasteiger partial charge in [0.25, 0.3) is 0 Å². The largest absolute Gasteiger partial charge is 0.497 e. The van der Waals surface area contributed by atoms with Crippen molar-refractivity contribution in [2.24, 2.45) is 4.99 Å². The first kappa shape index (κ1) is 27.5. The minimum atomic E-state index is 0. The summed E-state index contributed by atoms with van der Waals surface area (Å²) in [6.07, 6.45) is 0.700. The molecule has 9 heteroatoms. The van der Waals surface area contributed by atoms with Crippen LogP contribution in [-0.4, -0.2) is 73.1 Å². The number of nitrogens with one attached hydrogen (secondary N) is 1. The molecule has 0 unspecified atom stereocenters. The summed E-state index contributed by atoms with van der Waals surface area (Å²) in [6, 6.07) is 11.2. The second-order valence-electron chi connectivity index (χ2n) is 6.68. The van der Waals surface area contributed by atoms with E-state index >= 15 is 0 Å². The van der Waals surface area contributed by atoms with Crippen LogP contribution in [0.1, 0.15) is 5.56 Å². The highest BCUT2D eigenvalue weighted by Crippen LogP contribution is 2.34. The van der Waals surface area contributed by atoms with Gasteiger partial charge in [-0.1, -0.05) is 0 Å². The third-order valence-corrected chi connectivity index (χ3v) is 4.80. The van der Waals surface area contributed by atoms with E-state index in [1.165, 1.54) is 0 Å². The second-order valence-corrected chi connectivity index (χ2v) is 6.68. The standard InChI is InChI=1S/C23H33N3O5.HI/c1-24-23(26(2)13-14-31-18-9-7-17(27-3)8-10-18)25-12-11-20-21(29-5)15-19(28-4)16-22(20)30-6;/h7-10,15-16H,11-14H2,1-6H3,(H,24,25);1H. The quantitative estimate of drug-likeness (QED) is 0.257. The number of hydrogen-bond donors (Lipinski definition) is 1. The Balaban J connectivity index is 0.00000512. The van der Waals surface area contributed by atoms with Crippen LogP contribution in [-0.2, 0) is 6.42 Å². The summed E-state index contributed by atoms with van der Waals surface area (Å²) in [5.74, 6) is 4.54. The summed E-state index contributed by atoms with van der Waals surface area (Å²) < 4.78 is 27.3. The zero-order valence-corrected chi connectivity index (χ0v) is 22.0. The van der Waals surface area contributed by atoms with Crippen LogP contribution in [0.25, 0.3) is 0 Å². The highest BCUT2D eigenvalue weighted by molar-refractivity contribution is 14.0. The maximum atomic E-state index is 5.80. The molecule has 2 rings (SSSR count). The van der Waals surface area contributed by atoms with E-state index in [4.69, 9.17) is 23.7 Å². The molecule has 0 bridgehead atoms.